The van der Waals surface area contributed by atoms with Gasteiger partial charge in [0.15, 0.2) is 0 Å². The summed E-state index contributed by atoms with van der Waals surface area (Å²) >= 11 is 4.95. The third kappa shape index (κ3) is 3.06. The monoisotopic (exact) mass is 275 g/mol. The van der Waals surface area contributed by atoms with Gasteiger partial charge in [-0.1, -0.05) is 30.4 Å². The molecule has 3 nitrogen and oxygen atoms in total. The SMILES string of the molecule is CC(Nc1cccnc1C(N)=S)c1ccccc1F. The third-order valence-electron chi connectivity index (χ3n) is 2.78. The number of pyridine rings is 1. The molecule has 1 atom stereocenters. The number of thiocarbonyl (C=S) groups is 1. The van der Waals surface area contributed by atoms with Crippen LogP contribution in [0.3, 0.4) is 0 Å². The number of benzene rings is 1. The molecule has 1 unspecified atom stereocenters. The minimum absolute atomic E-state index is 0.210. The first-order valence-electron chi connectivity index (χ1n) is 5.85. The number of hydrogen-bond donors (Lipinski definition) is 2. The third-order valence-corrected chi connectivity index (χ3v) is 2.98. The first-order chi connectivity index (χ1) is 9.09. The minimum atomic E-state index is -0.247. The lowest BCUT2D eigenvalue weighted by Crippen LogP contribution is -2.17. The molecular formula is C14H14FN3S. The summed E-state index contributed by atoms with van der Waals surface area (Å²) in [7, 11) is 0. The molecule has 2 aromatic rings. The lowest BCUT2D eigenvalue weighted by molar-refractivity contribution is 0.600. The van der Waals surface area contributed by atoms with Crippen LogP contribution in [0.4, 0.5) is 10.1 Å². The molecular weight excluding hydrogens is 261 g/mol. The summed E-state index contributed by atoms with van der Waals surface area (Å²) in [5, 5.41) is 3.18. The highest BCUT2D eigenvalue weighted by molar-refractivity contribution is 7.80. The molecule has 19 heavy (non-hydrogen) atoms. The van der Waals surface area contributed by atoms with Crippen LogP contribution in [-0.4, -0.2) is 9.97 Å². The van der Waals surface area contributed by atoms with Gasteiger partial charge < -0.3 is 11.1 Å². The average Bonchev–Trinajstić information content (AvgIpc) is 2.39. The van der Waals surface area contributed by atoms with Gasteiger partial charge in [-0.15, -0.1) is 0 Å². The molecule has 5 heteroatoms. The van der Waals surface area contributed by atoms with Crippen LogP contribution < -0.4 is 11.1 Å². The van der Waals surface area contributed by atoms with E-state index in [9.17, 15) is 4.39 Å². The molecule has 0 amide bonds. The number of hydrogen-bond acceptors (Lipinski definition) is 3. The normalized spacial score (nSPS) is 11.9. The van der Waals surface area contributed by atoms with Crippen LogP contribution in [0, 0.1) is 5.82 Å². The topological polar surface area (TPSA) is 50.9 Å². The molecule has 0 fully saturated rings. The van der Waals surface area contributed by atoms with E-state index in [1.807, 2.05) is 13.0 Å². The van der Waals surface area contributed by atoms with Crippen molar-refractivity contribution in [3.63, 3.8) is 0 Å². The Morgan fingerprint density at radius 2 is 2.05 bits per heavy atom. The lowest BCUT2D eigenvalue weighted by atomic mass is 10.1. The van der Waals surface area contributed by atoms with E-state index in [4.69, 9.17) is 18.0 Å². The van der Waals surface area contributed by atoms with Crippen molar-refractivity contribution in [1.29, 1.82) is 0 Å². The Morgan fingerprint density at radius 1 is 1.32 bits per heavy atom. The number of rotatable bonds is 4. The molecule has 1 aromatic carbocycles. The predicted molar refractivity (Wildman–Crippen MR) is 78.6 cm³/mol. The number of anilines is 1. The molecule has 0 saturated carbocycles. The molecule has 0 radical (unpaired) electrons. The zero-order valence-electron chi connectivity index (χ0n) is 10.4. The molecule has 1 heterocycles. The summed E-state index contributed by atoms with van der Waals surface area (Å²) in [5.74, 6) is -0.247. The number of halogens is 1. The minimum Gasteiger partial charge on any atom is -0.388 e. The highest BCUT2D eigenvalue weighted by Crippen LogP contribution is 2.23. The van der Waals surface area contributed by atoms with Crippen molar-refractivity contribution in [3.8, 4) is 0 Å². The van der Waals surface area contributed by atoms with Crippen LogP contribution in [0.2, 0.25) is 0 Å². The van der Waals surface area contributed by atoms with Gasteiger partial charge in [0.2, 0.25) is 0 Å². The zero-order valence-corrected chi connectivity index (χ0v) is 11.2. The van der Waals surface area contributed by atoms with Crippen molar-refractivity contribution in [1.82, 2.24) is 4.98 Å². The van der Waals surface area contributed by atoms with Crippen LogP contribution in [0.25, 0.3) is 0 Å². The van der Waals surface area contributed by atoms with E-state index < -0.39 is 0 Å². The average molecular weight is 275 g/mol. The molecule has 2 rings (SSSR count). The van der Waals surface area contributed by atoms with Gasteiger partial charge in [-0.2, -0.15) is 0 Å². The number of aromatic nitrogens is 1. The second kappa shape index (κ2) is 5.75. The number of nitrogens with zero attached hydrogens (tertiary/aromatic N) is 1. The van der Waals surface area contributed by atoms with Crippen LogP contribution in [-0.2, 0) is 0 Å². The fourth-order valence-electron chi connectivity index (χ4n) is 1.86. The van der Waals surface area contributed by atoms with Crippen molar-refractivity contribution >= 4 is 22.9 Å². The van der Waals surface area contributed by atoms with Gasteiger partial charge in [0.05, 0.1) is 11.7 Å². The first kappa shape index (κ1) is 13.4. The van der Waals surface area contributed by atoms with Gasteiger partial charge in [0.25, 0.3) is 0 Å². The number of nitrogens with two attached hydrogens (primary N) is 1. The Kier molecular flexibility index (Phi) is 4.06. The molecule has 0 aliphatic carbocycles. The largest absolute Gasteiger partial charge is 0.388 e. The Balaban J connectivity index is 2.27. The van der Waals surface area contributed by atoms with E-state index in [0.717, 1.165) is 0 Å². The molecule has 3 N–H and O–H groups in total. The molecule has 0 aliphatic rings. The van der Waals surface area contributed by atoms with Crippen molar-refractivity contribution in [2.45, 2.75) is 13.0 Å². The smallest absolute Gasteiger partial charge is 0.128 e. The van der Waals surface area contributed by atoms with E-state index in [1.54, 1.807) is 30.5 Å². The summed E-state index contributed by atoms with van der Waals surface area (Å²) < 4.78 is 13.7. The lowest BCUT2D eigenvalue weighted by Gasteiger charge is -2.18. The van der Waals surface area contributed by atoms with Gasteiger partial charge in [0.1, 0.15) is 16.5 Å². The molecule has 0 saturated heterocycles. The second-order valence-electron chi connectivity index (χ2n) is 4.15. The van der Waals surface area contributed by atoms with Crippen molar-refractivity contribution in [2.75, 3.05) is 5.32 Å². The maximum atomic E-state index is 13.7. The maximum absolute atomic E-state index is 13.7. The Bertz CT molecular complexity index is 601. The van der Waals surface area contributed by atoms with E-state index >= 15 is 0 Å². The van der Waals surface area contributed by atoms with Gasteiger partial charge in [-0.3, -0.25) is 4.98 Å². The van der Waals surface area contributed by atoms with E-state index in [0.29, 0.717) is 16.9 Å². The Morgan fingerprint density at radius 3 is 2.74 bits per heavy atom. The van der Waals surface area contributed by atoms with Crippen molar-refractivity contribution < 1.29 is 4.39 Å². The Labute approximate surface area is 116 Å². The zero-order chi connectivity index (χ0) is 13.8. The van der Waals surface area contributed by atoms with Gasteiger partial charge in [-0.05, 0) is 25.1 Å². The van der Waals surface area contributed by atoms with Crippen LogP contribution in [0.15, 0.2) is 42.6 Å². The van der Waals surface area contributed by atoms with Crippen molar-refractivity contribution in [3.05, 3.63) is 59.7 Å². The van der Waals surface area contributed by atoms with Gasteiger partial charge >= 0.3 is 0 Å². The Hall–Kier alpha value is -2.01. The fraction of sp³-hybridized carbons (Fsp3) is 0.143. The number of nitrogens with one attached hydrogen (secondary N) is 1. The summed E-state index contributed by atoms with van der Waals surface area (Å²) in [6.45, 7) is 1.87. The summed E-state index contributed by atoms with van der Waals surface area (Å²) in [6, 6.07) is 10.0. The molecule has 1 aromatic heterocycles. The summed E-state index contributed by atoms with van der Waals surface area (Å²) in [4.78, 5) is 4.34. The van der Waals surface area contributed by atoms with E-state index in [-0.39, 0.29) is 16.8 Å². The van der Waals surface area contributed by atoms with Gasteiger partial charge in [-0.25, -0.2) is 4.39 Å². The quantitative estimate of drug-likeness (QED) is 0.842. The van der Waals surface area contributed by atoms with Crippen LogP contribution in [0.1, 0.15) is 24.2 Å². The summed E-state index contributed by atoms with van der Waals surface area (Å²) in [6.07, 6.45) is 1.62. The highest BCUT2D eigenvalue weighted by atomic mass is 32.1. The first-order valence-corrected chi connectivity index (χ1v) is 6.26. The molecule has 0 aliphatic heterocycles. The van der Waals surface area contributed by atoms with E-state index in [2.05, 4.69) is 10.3 Å². The predicted octanol–water partition coefficient (Wildman–Crippen LogP) is 3.03. The second-order valence-corrected chi connectivity index (χ2v) is 4.59. The molecule has 0 bridgehead atoms. The highest BCUT2D eigenvalue weighted by Gasteiger charge is 2.13. The van der Waals surface area contributed by atoms with Gasteiger partial charge in [0, 0.05) is 11.8 Å². The summed E-state index contributed by atoms with van der Waals surface area (Å²) in [5.41, 5.74) is 7.41. The standard InChI is InChI=1S/C14H14FN3S/c1-9(10-5-2-3-6-11(10)15)18-12-7-4-8-17-13(12)14(16)19/h2-9,18H,1H3,(H2,16,19). The van der Waals surface area contributed by atoms with E-state index in [1.165, 1.54) is 6.07 Å². The molecule has 0 spiro atoms. The maximum Gasteiger partial charge on any atom is 0.128 e. The molecule has 98 valence electrons. The fourth-order valence-corrected chi connectivity index (χ4v) is 2.02. The van der Waals surface area contributed by atoms with Crippen LogP contribution >= 0.6 is 12.2 Å². The van der Waals surface area contributed by atoms with Crippen LogP contribution in [0.5, 0.6) is 0 Å². The van der Waals surface area contributed by atoms with Crippen molar-refractivity contribution in [2.24, 2.45) is 5.73 Å².